The van der Waals surface area contributed by atoms with E-state index in [-0.39, 0.29) is 17.7 Å². The highest BCUT2D eigenvalue weighted by atomic mass is 16.5. The van der Waals surface area contributed by atoms with Crippen molar-refractivity contribution in [3.05, 3.63) is 58.4 Å². The van der Waals surface area contributed by atoms with E-state index in [1.165, 1.54) is 0 Å². The van der Waals surface area contributed by atoms with Crippen LogP contribution < -0.4 is 5.32 Å². The molecule has 1 aliphatic carbocycles. The monoisotopic (exact) mass is 418 g/mol. The summed E-state index contributed by atoms with van der Waals surface area (Å²) in [6.45, 7) is 3.31. The van der Waals surface area contributed by atoms with Crippen LogP contribution in [0.2, 0.25) is 0 Å². The zero-order chi connectivity index (χ0) is 21.5. The molecule has 0 spiro atoms. The second-order valence-corrected chi connectivity index (χ2v) is 8.63. The molecule has 0 radical (unpaired) electrons. The molecule has 1 saturated carbocycles. The summed E-state index contributed by atoms with van der Waals surface area (Å²) >= 11 is 0. The second-order valence-electron chi connectivity index (χ2n) is 8.63. The molecular weight excluding hydrogens is 392 g/mol. The lowest BCUT2D eigenvalue weighted by molar-refractivity contribution is 0.0711. The molecule has 1 saturated heterocycles. The van der Waals surface area contributed by atoms with Crippen LogP contribution in [0.25, 0.3) is 11.1 Å². The van der Waals surface area contributed by atoms with E-state index in [0.29, 0.717) is 35.7 Å². The Bertz CT molecular complexity index is 1140. The topological polar surface area (TPSA) is 88.3 Å². The first-order valence-corrected chi connectivity index (χ1v) is 10.9. The van der Waals surface area contributed by atoms with Gasteiger partial charge in [-0.15, -0.1) is 0 Å². The predicted octanol–water partition coefficient (Wildman–Crippen LogP) is 3.79. The Morgan fingerprint density at radius 1 is 1.06 bits per heavy atom. The van der Waals surface area contributed by atoms with E-state index in [2.05, 4.69) is 15.5 Å². The molecule has 31 heavy (non-hydrogen) atoms. The number of pyridine rings is 1. The summed E-state index contributed by atoms with van der Waals surface area (Å²) in [7, 11) is 1.63. The van der Waals surface area contributed by atoms with Gasteiger partial charge in [0.05, 0.1) is 16.6 Å². The van der Waals surface area contributed by atoms with E-state index in [1.54, 1.807) is 7.05 Å². The van der Waals surface area contributed by atoms with Crippen LogP contribution in [-0.2, 0) is 0 Å². The van der Waals surface area contributed by atoms with Crippen LogP contribution >= 0.6 is 0 Å². The Morgan fingerprint density at radius 3 is 2.42 bits per heavy atom. The molecule has 3 aromatic rings. The molecule has 2 fully saturated rings. The highest BCUT2D eigenvalue weighted by Gasteiger charge is 2.32. The SMILES string of the molecule is CNC(=O)c1cc(C2CC2)nc2onc(C3CCN(C(=O)c4ccc(C)cc4)CC3)c12. The van der Waals surface area contributed by atoms with Gasteiger partial charge < -0.3 is 14.7 Å². The van der Waals surface area contributed by atoms with Gasteiger partial charge in [-0.05, 0) is 50.8 Å². The van der Waals surface area contributed by atoms with Gasteiger partial charge in [-0.3, -0.25) is 9.59 Å². The number of nitrogens with one attached hydrogen (secondary N) is 1. The van der Waals surface area contributed by atoms with Crippen LogP contribution in [0.4, 0.5) is 0 Å². The average Bonchev–Trinajstić information content (AvgIpc) is 3.57. The molecule has 2 aliphatic rings. The van der Waals surface area contributed by atoms with Gasteiger partial charge in [0.1, 0.15) is 0 Å². The van der Waals surface area contributed by atoms with Gasteiger partial charge >= 0.3 is 0 Å². The normalized spacial score (nSPS) is 17.2. The number of hydrogen-bond acceptors (Lipinski definition) is 5. The number of likely N-dealkylation sites (tertiary alicyclic amines) is 1. The lowest BCUT2D eigenvalue weighted by Crippen LogP contribution is -2.38. The lowest BCUT2D eigenvalue weighted by Gasteiger charge is -2.31. The first-order valence-electron chi connectivity index (χ1n) is 10.9. The number of aromatic nitrogens is 2. The molecule has 0 unspecified atom stereocenters. The van der Waals surface area contributed by atoms with Gasteiger partial charge in [0, 0.05) is 43.2 Å². The fourth-order valence-electron chi connectivity index (χ4n) is 4.41. The third-order valence-electron chi connectivity index (χ3n) is 6.43. The van der Waals surface area contributed by atoms with Gasteiger partial charge in [-0.1, -0.05) is 22.9 Å². The Balaban J connectivity index is 1.39. The molecule has 0 atom stereocenters. The van der Waals surface area contributed by atoms with Crippen molar-refractivity contribution in [3.8, 4) is 0 Å². The minimum Gasteiger partial charge on any atom is -0.355 e. The van der Waals surface area contributed by atoms with E-state index in [9.17, 15) is 9.59 Å². The Kier molecular flexibility index (Phi) is 4.96. The van der Waals surface area contributed by atoms with Crippen molar-refractivity contribution in [2.24, 2.45) is 0 Å². The lowest BCUT2D eigenvalue weighted by atomic mass is 9.90. The largest absolute Gasteiger partial charge is 0.355 e. The van der Waals surface area contributed by atoms with Crippen LogP contribution in [0.15, 0.2) is 34.9 Å². The molecule has 7 nitrogen and oxygen atoms in total. The molecule has 0 bridgehead atoms. The van der Waals surface area contributed by atoms with Crippen molar-refractivity contribution in [3.63, 3.8) is 0 Å². The van der Waals surface area contributed by atoms with Gasteiger partial charge in [0.25, 0.3) is 17.5 Å². The number of carbonyl (C=O) groups is 2. The smallest absolute Gasteiger partial charge is 0.259 e. The number of benzene rings is 1. The summed E-state index contributed by atoms with van der Waals surface area (Å²) in [5, 5.41) is 7.78. The number of hydrogen-bond donors (Lipinski definition) is 1. The molecule has 1 aromatic carbocycles. The number of fused-ring (bicyclic) bond motifs is 1. The molecule has 5 rings (SSSR count). The van der Waals surface area contributed by atoms with E-state index in [4.69, 9.17) is 4.52 Å². The maximum atomic E-state index is 12.8. The third-order valence-corrected chi connectivity index (χ3v) is 6.43. The van der Waals surface area contributed by atoms with Crippen LogP contribution in [0.5, 0.6) is 0 Å². The standard InChI is InChI=1S/C24H26N4O3/c1-14-3-5-17(6-4-14)24(30)28-11-9-16(10-12-28)21-20-18(22(29)25-2)13-19(15-7-8-15)26-23(20)31-27-21/h3-6,13,15-16H,7-12H2,1-2H3,(H,25,29). The number of piperidine rings is 1. The first kappa shape index (κ1) is 19.7. The number of carbonyl (C=O) groups excluding carboxylic acids is 2. The molecule has 160 valence electrons. The summed E-state index contributed by atoms with van der Waals surface area (Å²) in [6, 6.07) is 9.59. The van der Waals surface area contributed by atoms with Gasteiger partial charge in [-0.2, -0.15) is 0 Å². The molecule has 2 amide bonds. The first-order chi connectivity index (χ1) is 15.0. The number of rotatable bonds is 4. The van der Waals surface area contributed by atoms with Crippen molar-refractivity contribution < 1.29 is 14.1 Å². The highest BCUT2D eigenvalue weighted by molar-refractivity contribution is 6.06. The van der Waals surface area contributed by atoms with Gasteiger partial charge in [0.15, 0.2) is 0 Å². The molecule has 1 aliphatic heterocycles. The predicted molar refractivity (Wildman–Crippen MR) is 116 cm³/mol. The minimum absolute atomic E-state index is 0.0604. The molecular formula is C24H26N4O3. The number of aryl methyl sites for hydroxylation is 1. The van der Waals surface area contributed by atoms with E-state index >= 15 is 0 Å². The molecule has 2 aromatic heterocycles. The van der Waals surface area contributed by atoms with Gasteiger partial charge in [-0.25, -0.2) is 4.98 Å². The summed E-state index contributed by atoms with van der Waals surface area (Å²) in [6.07, 6.45) is 3.74. The number of nitrogens with zero attached hydrogens (tertiary/aromatic N) is 3. The summed E-state index contributed by atoms with van der Waals surface area (Å²) < 4.78 is 5.59. The fraction of sp³-hybridized carbons (Fsp3) is 0.417. The fourth-order valence-corrected chi connectivity index (χ4v) is 4.41. The average molecular weight is 418 g/mol. The van der Waals surface area contributed by atoms with E-state index in [1.807, 2.05) is 42.2 Å². The number of amides is 2. The van der Waals surface area contributed by atoms with E-state index in [0.717, 1.165) is 48.2 Å². The zero-order valence-corrected chi connectivity index (χ0v) is 17.9. The summed E-state index contributed by atoms with van der Waals surface area (Å²) in [5.74, 6) is 0.452. The molecule has 3 heterocycles. The highest BCUT2D eigenvalue weighted by Crippen LogP contribution is 2.41. The van der Waals surface area contributed by atoms with Crippen molar-refractivity contribution in [2.75, 3.05) is 20.1 Å². The molecule has 7 heteroatoms. The summed E-state index contributed by atoms with van der Waals surface area (Å²) in [4.78, 5) is 32.0. The van der Waals surface area contributed by atoms with Crippen molar-refractivity contribution in [1.29, 1.82) is 0 Å². The minimum atomic E-state index is -0.147. The van der Waals surface area contributed by atoms with Crippen LogP contribution in [0.3, 0.4) is 0 Å². The van der Waals surface area contributed by atoms with Crippen molar-refractivity contribution >= 4 is 22.9 Å². The maximum Gasteiger partial charge on any atom is 0.259 e. The summed E-state index contributed by atoms with van der Waals surface area (Å²) in [5.41, 5.74) is 4.58. The third kappa shape index (κ3) is 3.69. The zero-order valence-electron chi connectivity index (χ0n) is 17.9. The van der Waals surface area contributed by atoms with Crippen LogP contribution in [0, 0.1) is 6.92 Å². The Labute approximate surface area is 180 Å². The quantitative estimate of drug-likeness (QED) is 0.696. The van der Waals surface area contributed by atoms with E-state index < -0.39 is 0 Å². The maximum absolute atomic E-state index is 12.8. The van der Waals surface area contributed by atoms with Crippen molar-refractivity contribution in [1.82, 2.24) is 20.4 Å². The Morgan fingerprint density at radius 2 is 1.77 bits per heavy atom. The molecule has 1 N–H and O–H groups in total. The van der Waals surface area contributed by atoms with Crippen LogP contribution in [0.1, 0.15) is 75.2 Å². The van der Waals surface area contributed by atoms with Crippen LogP contribution in [-0.4, -0.2) is 47.0 Å². The Hall–Kier alpha value is -3.22. The second kappa shape index (κ2) is 7.80. The van der Waals surface area contributed by atoms with Crippen molar-refractivity contribution in [2.45, 2.75) is 44.4 Å². The van der Waals surface area contributed by atoms with Gasteiger partial charge in [0.2, 0.25) is 0 Å².